The number of alkyl carbamates (subject to hydrolysis) is 1. The van der Waals surface area contributed by atoms with Crippen molar-refractivity contribution in [2.24, 2.45) is 0 Å². The van der Waals surface area contributed by atoms with Gasteiger partial charge in [-0.3, -0.25) is 9.59 Å². The molecule has 0 aliphatic rings. The number of carbonyl (C=O) groups excluding carboxylic acids is 3. The fourth-order valence-electron chi connectivity index (χ4n) is 3.89. The summed E-state index contributed by atoms with van der Waals surface area (Å²) in [4.78, 5) is 41.1. The molecule has 204 valence electrons. The number of terminal acetylenes is 1. The SMILES string of the molecule is C#Cc1ccc(C(C(=O)Nc2c(C)cccc2Cl)N(CCCCCC)C(=O)CNC(=O)OC(C)(C)C)cc1. The Bertz CT molecular complexity index is 1130. The quantitative estimate of drug-likeness (QED) is 0.261. The highest BCUT2D eigenvalue weighted by Crippen LogP contribution is 2.29. The highest BCUT2D eigenvalue weighted by molar-refractivity contribution is 6.34. The Labute approximate surface area is 231 Å². The summed E-state index contributed by atoms with van der Waals surface area (Å²) >= 11 is 6.38. The first-order valence-corrected chi connectivity index (χ1v) is 13.2. The minimum atomic E-state index is -0.980. The zero-order chi connectivity index (χ0) is 28.3. The van der Waals surface area contributed by atoms with Crippen LogP contribution in [0.2, 0.25) is 5.02 Å². The number of amides is 3. The van der Waals surface area contributed by atoms with Crippen LogP contribution in [-0.4, -0.2) is 41.5 Å². The summed E-state index contributed by atoms with van der Waals surface area (Å²) in [5.41, 5.74) is 1.81. The molecule has 0 saturated heterocycles. The lowest BCUT2D eigenvalue weighted by atomic mass is 10.0. The van der Waals surface area contributed by atoms with E-state index < -0.39 is 29.6 Å². The van der Waals surface area contributed by atoms with E-state index in [2.05, 4.69) is 23.5 Å². The van der Waals surface area contributed by atoms with Crippen molar-refractivity contribution in [2.45, 2.75) is 71.9 Å². The molecular formula is C30H38ClN3O4. The van der Waals surface area contributed by atoms with Crippen molar-refractivity contribution in [2.75, 3.05) is 18.4 Å². The van der Waals surface area contributed by atoms with Crippen molar-refractivity contribution in [3.8, 4) is 12.3 Å². The topological polar surface area (TPSA) is 87.7 Å². The Morgan fingerprint density at radius 1 is 1.08 bits per heavy atom. The van der Waals surface area contributed by atoms with Crippen molar-refractivity contribution >= 4 is 35.2 Å². The Balaban J connectivity index is 2.43. The Kier molecular flexibility index (Phi) is 11.7. The third kappa shape index (κ3) is 9.42. The number of carbonyl (C=O) groups is 3. The molecule has 2 aromatic rings. The predicted molar refractivity (Wildman–Crippen MR) is 152 cm³/mol. The second-order valence-electron chi connectivity index (χ2n) is 10.1. The average molecular weight is 540 g/mol. The van der Waals surface area contributed by atoms with E-state index in [-0.39, 0.29) is 6.54 Å². The number of rotatable bonds is 11. The van der Waals surface area contributed by atoms with E-state index in [9.17, 15) is 14.4 Å². The van der Waals surface area contributed by atoms with Gasteiger partial charge in [-0.25, -0.2) is 4.79 Å². The van der Waals surface area contributed by atoms with E-state index in [4.69, 9.17) is 22.8 Å². The van der Waals surface area contributed by atoms with E-state index in [1.54, 1.807) is 57.2 Å². The molecule has 0 aromatic heterocycles. The van der Waals surface area contributed by atoms with Gasteiger partial charge in [0.15, 0.2) is 0 Å². The number of para-hydroxylation sites is 1. The standard InChI is InChI=1S/C30H38ClN3O4/c1-7-9-10-11-19-34(25(35)20-32-29(37)38-30(4,5)6)27(23-17-15-22(8-2)16-18-23)28(36)33-26-21(3)13-12-14-24(26)31/h2,12-18,27H,7,9-11,19-20H2,1,3-6H3,(H,32,37)(H,33,36). The van der Waals surface area contributed by atoms with Gasteiger partial charge in [0, 0.05) is 12.1 Å². The van der Waals surface area contributed by atoms with Crippen LogP contribution in [0.5, 0.6) is 0 Å². The molecule has 0 saturated carbocycles. The van der Waals surface area contributed by atoms with E-state index >= 15 is 0 Å². The van der Waals surface area contributed by atoms with Gasteiger partial charge in [-0.05, 0) is 63.4 Å². The number of nitrogens with zero attached hydrogens (tertiary/aromatic N) is 1. The van der Waals surface area contributed by atoms with Crippen LogP contribution in [-0.2, 0) is 14.3 Å². The van der Waals surface area contributed by atoms with Crippen LogP contribution in [0.3, 0.4) is 0 Å². The van der Waals surface area contributed by atoms with Gasteiger partial charge in [0.25, 0.3) is 5.91 Å². The van der Waals surface area contributed by atoms with Crippen molar-refractivity contribution < 1.29 is 19.1 Å². The summed E-state index contributed by atoms with van der Waals surface area (Å²) in [6.45, 7) is 9.17. The van der Waals surface area contributed by atoms with E-state index in [1.165, 1.54) is 4.90 Å². The van der Waals surface area contributed by atoms with Gasteiger partial charge >= 0.3 is 6.09 Å². The summed E-state index contributed by atoms with van der Waals surface area (Å²) < 4.78 is 5.27. The second-order valence-corrected chi connectivity index (χ2v) is 10.5. The van der Waals surface area contributed by atoms with Crippen LogP contribution in [0, 0.1) is 19.3 Å². The Morgan fingerprint density at radius 2 is 1.76 bits per heavy atom. The molecule has 0 radical (unpaired) electrons. The molecule has 7 nitrogen and oxygen atoms in total. The van der Waals surface area contributed by atoms with Crippen LogP contribution in [0.25, 0.3) is 0 Å². The molecule has 1 unspecified atom stereocenters. The molecule has 8 heteroatoms. The van der Waals surface area contributed by atoms with Gasteiger partial charge in [0.1, 0.15) is 18.2 Å². The average Bonchev–Trinajstić information content (AvgIpc) is 2.86. The van der Waals surface area contributed by atoms with Crippen LogP contribution >= 0.6 is 11.6 Å². The summed E-state index contributed by atoms with van der Waals surface area (Å²) in [6, 6.07) is 11.3. The Hall–Kier alpha value is -3.50. The molecule has 0 spiro atoms. The number of aryl methyl sites for hydroxylation is 1. The molecule has 0 aliphatic carbocycles. The molecular weight excluding hydrogens is 502 g/mol. The van der Waals surface area contributed by atoms with Gasteiger partial charge < -0.3 is 20.3 Å². The van der Waals surface area contributed by atoms with Crippen LogP contribution in [0.4, 0.5) is 10.5 Å². The summed E-state index contributed by atoms with van der Waals surface area (Å²) in [7, 11) is 0. The number of halogens is 1. The molecule has 3 amide bonds. The molecule has 38 heavy (non-hydrogen) atoms. The first-order chi connectivity index (χ1) is 18.0. The number of hydrogen-bond donors (Lipinski definition) is 2. The van der Waals surface area contributed by atoms with Gasteiger partial charge in [0.05, 0.1) is 10.7 Å². The van der Waals surface area contributed by atoms with Crippen molar-refractivity contribution in [3.05, 3.63) is 64.2 Å². The molecule has 0 heterocycles. The monoisotopic (exact) mass is 539 g/mol. The van der Waals surface area contributed by atoms with Gasteiger partial charge in [-0.2, -0.15) is 0 Å². The number of benzene rings is 2. The number of nitrogens with one attached hydrogen (secondary N) is 2. The first-order valence-electron chi connectivity index (χ1n) is 12.9. The summed E-state index contributed by atoms with van der Waals surface area (Å²) in [6.07, 6.45) is 8.44. The minimum Gasteiger partial charge on any atom is -0.444 e. The molecule has 0 bridgehead atoms. The van der Waals surface area contributed by atoms with E-state index in [0.717, 1.165) is 24.8 Å². The van der Waals surface area contributed by atoms with Crippen LogP contribution in [0.1, 0.15) is 76.1 Å². The highest BCUT2D eigenvalue weighted by Gasteiger charge is 2.32. The number of anilines is 1. The summed E-state index contributed by atoms with van der Waals surface area (Å²) in [5.74, 6) is 1.74. The van der Waals surface area contributed by atoms with Crippen LogP contribution < -0.4 is 10.6 Å². The smallest absolute Gasteiger partial charge is 0.408 e. The predicted octanol–water partition coefficient (Wildman–Crippen LogP) is 6.24. The lowest BCUT2D eigenvalue weighted by molar-refractivity contribution is -0.138. The van der Waals surface area contributed by atoms with Crippen molar-refractivity contribution in [3.63, 3.8) is 0 Å². The first kappa shape index (κ1) is 30.7. The van der Waals surface area contributed by atoms with E-state index in [0.29, 0.717) is 34.8 Å². The summed E-state index contributed by atoms with van der Waals surface area (Å²) in [5, 5.41) is 5.84. The third-order valence-electron chi connectivity index (χ3n) is 5.78. The number of hydrogen-bond acceptors (Lipinski definition) is 4. The normalized spacial score (nSPS) is 11.7. The van der Waals surface area contributed by atoms with Gasteiger partial charge in [0.2, 0.25) is 5.91 Å². The maximum atomic E-state index is 13.8. The Morgan fingerprint density at radius 3 is 2.34 bits per heavy atom. The number of ether oxygens (including phenoxy) is 1. The van der Waals surface area contributed by atoms with Gasteiger partial charge in [-0.15, -0.1) is 6.42 Å². The third-order valence-corrected chi connectivity index (χ3v) is 6.09. The van der Waals surface area contributed by atoms with Crippen molar-refractivity contribution in [1.29, 1.82) is 0 Å². The van der Waals surface area contributed by atoms with Crippen LogP contribution in [0.15, 0.2) is 42.5 Å². The maximum Gasteiger partial charge on any atom is 0.408 e. The fourth-order valence-corrected chi connectivity index (χ4v) is 4.16. The molecule has 0 aliphatic heterocycles. The fraction of sp³-hybridized carbons (Fsp3) is 0.433. The molecule has 2 N–H and O–H groups in total. The molecule has 2 aromatic carbocycles. The van der Waals surface area contributed by atoms with Gasteiger partial charge in [-0.1, -0.05) is 68.0 Å². The largest absolute Gasteiger partial charge is 0.444 e. The van der Waals surface area contributed by atoms with E-state index in [1.807, 2.05) is 13.0 Å². The zero-order valence-corrected chi connectivity index (χ0v) is 23.7. The van der Waals surface area contributed by atoms with Crippen molar-refractivity contribution in [1.82, 2.24) is 10.2 Å². The lowest BCUT2D eigenvalue weighted by Crippen LogP contribution is -2.47. The second kappa shape index (κ2) is 14.4. The molecule has 1 atom stereocenters. The highest BCUT2D eigenvalue weighted by atomic mass is 35.5. The zero-order valence-electron chi connectivity index (χ0n) is 22.9. The number of unbranched alkanes of at least 4 members (excludes halogenated alkanes) is 3. The maximum absolute atomic E-state index is 13.8. The molecule has 2 rings (SSSR count). The molecule has 0 fully saturated rings. The minimum absolute atomic E-state index is 0.319. The lowest BCUT2D eigenvalue weighted by Gasteiger charge is -2.32.